The number of hydrogen-bond donors (Lipinski definition) is 1. The van der Waals surface area contributed by atoms with Gasteiger partial charge in [-0.15, -0.1) is 0 Å². The van der Waals surface area contributed by atoms with Crippen LogP contribution in [0.1, 0.15) is 5.56 Å². The SMILES string of the molecule is Nc1cc(-c2ccc(N3CCN(Cc4ccc(Br)cc4)CC3)nc2)c2nccnc2c1. The van der Waals surface area contributed by atoms with E-state index in [0.29, 0.717) is 5.69 Å². The van der Waals surface area contributed by atoms with Gasteiger partial charge in [-0.05, 0) is 42.0 Å². The maximum Gasteiger partial charge on any atom is 0.128 e. The summed E-state index contributed by atoms with van der Waals surface area (Å²) in [6.07, 6.45) is 5.30. The molecule has 4 aromatic rings. The van der Waals surface area contributed by atoms with Crippen LogP contribution in [0.15, 0.2) is 71.6 Å². The number of rotatable bonds is 4. The second-order valence-electron chi connectivity index (χ2n) is 7.79. The van der Waals surface area contributed by atoms with Crippen molar-refractivity contribution in [3.8, 4) is 11.1 Å². The Hall–Kier alpha value is -3.03. The van der Waals surface area contributed by atoms with Gasteiger partial charge >= 0.3 is 0 Å². The molecule has 31 heavy (non-hydrogen) atoms. The van der Waals surface area contributed by atoms with E-state index in [0.717, 1.165) is 65.2 Å². The Balaban J connectivity index is 1.28. The minimum Gasteiger partial charge on any atom is -0.399 e. The lowest BCUT2D eigenvalue weighted by Crippen LogP contribution is -2.46. The molecule has 7 heteroatoms. The lowest BCUT2D eigenvalue weighted by Gasteiger charge is -2.35. The molecule has 1 aliphatic heterocycles. The summed E-state index contributed by atoms with van der Waals surface area (Å²) in [5.41, 5.74) is 11.7. The molecule has 1 fully saturated rings. The van der Waals surface area contributed by atoms with Gasteiger partial charge in [-0.2, -0.15) is 0 Å². The molecule has 0 aliphatic carbocycles. The van der Waals surface area contributed by atoms with Gasteiger partial charge in [-0.3, -0.25) is 14.9 Å². The molecular formula is C24H23BrN6. The first kappa shape index (κ1) is 19.9. The van der Waals surface area contributed by atoms with Crippen molar-refractivity contribution < 1.29 is 0 Å². The average molecular weight is 475 g/mol. The number of halogens is 1. The molecule has 0 amide bonds. The lowest BCUT2D eigenvalue weighted by molar-refractivity contribution is 0.249. The molecule has 0 unspecified atom stereocenters. The van der Waals surface area contributed by atoms with Gasteiger partial charge < -0.3 is 10.6 Å². The smallest absolute Gasteiger partial charge is 0.128 e. The summed E-state index contributed by atoms with van der Waals surface area (Å²) >= 11 is 3.50. The highest BCUT2D eigenvalue weighted by Gasteiger charge is 2.18. The molecular weight excluding hydrogens is 452 g/mol. The first-order chi connectivity index (χ1) is 15.2. The minimum absolute atomic E-state index is 0.675. The van der Waals surface area contributed by atoms with E-state index in [9.17, 15) is 0 Å². The molecule has 156 valence electrons. The predicted molar refractivity (Wildman–Crippen MR) is 129 cm³/mol. The summed E-state index contributed by atoms with van der Waals surface area (Å²) in [4.78, 5) is 18.5. The summed E-state index contributed by atoms with van der Waals surface area (Å²) in [6.45, 7) is 4.96. The number of anilines is 2. The highest BCUT2D eigenvalue weighted by Crippen LogP contribution is 2.29. The van der Waals surface area contributed by atoms with Gasteiger partial charge in [0.15, 0.2) is 0 Å². The molecule has 2 aromatic carbocycles. The van der Waals surface area contributed by atoms with Crippen molar-refractivity contribution >= 4 is 38.5 Å². The van der Waals surface area contributed by atoms with Crippen LogP contribution >= 0.6 is 15.9 Å². The van der Waals surface area contributed by atoms with Gasteiger partial charge in [0.05, 0.1) is 11.0 Å². The maximum absolute atomic E-state index is 6.08. The van der Waals surface area contributed by atoms with E-state index in [1.54, 1.807) is 12.4 Å². The normalized spacial score (nSPS) is 14.8. The number of piperazine rings is 1. The summed E-state index contributed by atoms with van der Waals surface area (Å²) in [5, 5.41) is 0. The molecule has 0 spiro atoms. The van der Waals surface area contributed by atoms with Gasteiger partial charge in [-0.1, -0.05) is 28.1 Å². The van der Waals surface area contributed by atoms with Crippen molar-refractivity contribution in [1.29, 1.82) is 0 Å². The number of fused-ring (bicyclic) bond motifs is 1. The van der Waals surface area contributed by atoms with Crippen molar-refractivity contribution in [2.45, 2.75) is 6.54 Å². The molecule has 1 aliphatic rings. The fraction of sp³-hybridized carbons (Fsp3) is 0.208. The van der Waals surface area contributed by atoms with Crippen LogP contribution in [0.5, 0.6) is 0 Å². The fourth-order valence-electron chi connectivity index (χ4n) is 4.03. The molecule has 0 saturated carbocycles. The van der Waals surface area contributed by atoms with Crippen molar-refractivity contribution in [3.63, 3.8) is 0 Å². The zero-order chi connectivity index (χ0) is 21.2. The highest BCUT2D eigenvalue weighted by molar-refractivity contribution is 9.10. The predicted octanol–water partition coefficient (Wildman–Crippen LogP) is 4.36. The molecule has 3 heterocycles. The first-order valence-electron chi connectivity index (χ1n) is 10.3. The highest BCUT2D eigenvalue weighted by atomic mass is 79.9. The van der Waals surface area contributed by atoms with Crippen molar-refractivity contribution in [1.82, 2.24) is 19.9 Å². The van der Waals surface area contributed by atoms with Crippen LogP contribution in [0.2, 0.25) is 0 Å². The third-order valence-corrected chi connectivity index (χ3v) is 6.20. The van der Waals surface area contributed by atoms with Gasteiger partial charge in [0.1, 0.15) is 5.82 Å². The second-order valence-corrected chi connectivity index (χ2v) is 8.70. The number of nitrogen functional groups attached to an aromatic ring is 1. The topological polar surface area (TPSA) is 71.2 Å². The van der Waals surface area contributed by atoms with Crippen molar-refractivity contribution in [2.24, 2.45) is 0 Å². The largest absolute Gasteiger partial charge is 0.399 e. The van der Waals surface area contributed by atoms with Crippen LogP contribution in [0.4, 0.5) is 11.5 Å². The van der Waals surface area contributed by atoms with Crippen molar-refractivity contribution in [3.05, 3.63) is 77.2 Å². The zero-order valence-electron chi connectivity index (χ0n) is 17.1. The van der Waals surface area contributed by atoms with E-state index in [2.05, 4.69) is 72.1 Å². The Morgan fingerprint density at radius 1 is 0.871 bits per heavy atom. The number of aromatic nitrogens is 3. The lowest BCUT2D eigenvalue weighted by atomic mass is 10.0. The maximum atomic E-state index is 6.08. The fourth-order valence-corrected chi connectivity index (χ4v) is 4.30. The number of benzene rings is 2. The molecule has 2 aromatic heterocycles. The van der Waals surface area contributed by atoms with E-state index in [4.69, 9.17) is 10.7 Å². The molecule has 6 nitrogen and oxygen atoms in total. The summed E-state index contributed by atoms with van der Waals surface area (Å²) in [5.74, 6) is 1.01. The Morgan fingerprint density at radius 2 is 1.65 bits per heavy atom. The van der Waals surface area contributed by atoms with E-state index >= 15 is 0 Å². The Bertz CT molecular complexity index is 1190. The average Bonchev–Trinajstić information content (AvgIpc) is 2.81. The van der Waals surface area contributed by atoms with Crippen LogP contribution in [0, 0.1) is 0 Å². The molecule has 0 bridgehead atoms. The molecule has 5 rings (SSSR count). The van der Waals surface area contributed by atoms with Gasteiger partial charge in [0, 0.05) is 72.6 Å². The third-order valence-electron chi connectivity index (χ3n) is 5.67. The number of nitrogens with two attached hydrogens (primary N) is 1. The van der Waals surface area contributed by atoms with Crippen LogP contribution in [0.3, 0.4) is 0 Å². The van der Waals surface area contributed by atoms with Crippen molar-refractivity contribution in [2.75, 3.05) is 36.8 Å². The van der Waals surface area contributed by atoms with Crippen LogP contribution in [-0.2, 0) is 6.54 Å². The molecule has 2 N–H and O–H groups in total. The first-order valence-corrected chi connectivity index (χ1v) is 11.1. The van der Waals surface area contributed by atoms with Gasteiger partial charge in [0.2, 0.25) is 0 Å². The van der Waals surface area contributed by atoms with Gasteiger partial charge in [0.25, 0.3) is 0 Å². The third kappa shape index (κ3) is 4.38. The zero-order valence-corrected chi connectivity index (χ0v) is 18.7. The van der Waals surface area contributed by atoms with Gasteiger partial charge in [-0.25, -0.2) is 4.98 Å². The van der Waals surface area contributed by atoms with E-state index in [1.807, 2.05) is 18.3 Å². The number of nitrogens with zero attached hydrogens (tertiary/aromatic N) is 5. The van der Waals surface area contributed by atoms with Crippen LogP contribution < -0.4 is 10.6 Å². The monoisotopic (exact) mass is 474 g/mol. The summed E-state index contributed by atoms with van der Waals surface area (Å²) < 4.78 is 1.12. The molecule has 0 radical (unpaired) electrons. The Kier molecular flexibility index (Phi) is 5.53. The van der Waals surface area contributed by atoms with E-state index < -0.39 is 0 Å². The van der Waals surface area contributed by atoms with E-state index in [-0.39, 0.29) is 0 Å². The number of pyridine rings is 1. The van der Waals surface area contributed by atoms with Crippen LogP contribution in [0.25, 0.3) is 22.2 Å². The van der Waals surface area contributed by atoms with E-state index in [1.165, 1.54) is 5.56 Å². The molecule has 0 atom stereocenters. The minimum atomic E-state index is 0.675. The summed E-state index contributed by atoms with van der Waals surface area (Å²) in [7, 11) is 0. The second kappa shape index (κ2) is 8.61. The summed E-state index contributed by atoms with van der Waals surface area (Å²) in [6, 6.07) is 16.5. The van der Waals surface area contributed by atoms with Crippen LogP contribution in [-0.4, -0.2) is 46.0 Å². The quantitative estimate of drug-likeness (QED) is 0.443. The Morgan fingerprint density at radius 3 is 2.39 bits per heavy atom. The number of hydrogen-bond acceptors (Lipinski definition) is 6. The standard InChI is InChI=1S/C24H23BrN6/c25-19-4-1-17(2-5-19)16-30-9-11-31(12-10-30)23-6-3-18(15-29-23)21-13-20(26)14-22-24(21)28-8-7-27-22/h1-8,13-15H,9-12,16,26H2. The Labute approximate surface area is 189 Å². The molecule has 1 saturated heterocycles.